The van der Waals surface area contributed by atoms with Crippen molar-refractivity contribution in [2.24, 2.45) is 0 Å². The summed E-state index contributed by atoms with van der Waals surface area (Å²) in [6.45, 7) is 2.51. The maximum atomic E-state index is 11.5. The molecule has 92 valence electrons. The number of carbonyl (C=O) groups is 1. The number of phenols is 1. The van der Waals surface area contributed by atoms with Crippen LogP contribution >= 0.6 is 0 Å². The van der Waals surface area contributed by atoms with E-state index in [-0.39, 0.29) is 11.7 Å². The van der Waals surface area contributed by atoms with Gasteiger partial charge in [0.05, 0.1) is 12.2 Å². The van der Waals surface area contributed by atoms with Crippen molar-refractivity contribution in [3.63, 3.8) is 0 Å². The van der Waals surface area contributed by atoms with Crippen LogP contribution in [0.4, 0.5) is 0 Å². The maximum absolute atomic E-state index is 11.5. The van der Waals surface area contributed by atoms with E-state index in [9.17, 15) is 4.79 Å². The molecule has 0 aromatic heterocycles. The summed E-state index contributed by atoms with van der Waals surface area (Å²) in [5.74, 6) is -0.210. The molecule has 1 aromatic carbocycles. The number of rotatable bonds is 6. The third kappa shape index (κ3) is 5.20. The standard InChI is InChI=1S/C14H18O3/c1-2-3-4-5-6-11-17-14(16)12-7-9-13(15)10-8-12/h4-5,7-10,15H,2-3,6,11H2,1H3/b5-4+. The number of hydrogen-bond acceptors (Lipinski definition) is 3. The van der Waals surface area contributed by atoms with Crippen LogP contribution < -0.4 is 0 Å². The average molecular weight is 234 g/mol. The first-order valence-electron chi connectivity index (χ1n) is 5.85. The van der Waals surface area contributed by atoms with Crippen molar-refractivity contribution >= 4 is 5.97 Å². The summed E-state index contributed by atoms with van der Waals surface area (Å²) in [5, 5.41) is 9.07. The summed E-state index contributed by atoms with van der Waals surface area (Å²) in [6.07, 6.45) is 7.04. The highest BCUT2D eigenvalue weighted by Gasteiger charge is 2.05. The van der Waals surface area contributed by atoms with Crippen molar-refractivity contribution in [3.8, 4) is 5.75 Å². The highest BCUT2D eigenvalue weighted by atomic mass is 16.5. The van der Waals surface area contributed by atoms with Crippen LogP contribution in [-0.2, 0) is 4.74 Å². The molecule has 0 saturated heterocycles. The predicted molar refractivity (Wildman–Crippen MR) is 67.1 cm³/mol. The summed E-state index contributed by atoms with van der Waals surface area (Å²) >= 11 is 0. The number of aromatic hydroxyl groups is 1. The van der Waals surface area contributed by atoms with Gasteiger partial charge in [-0.25, -0.2) is 4.79 Å². The molecule has 0 heterocycles. The molecule has 3 nitrogen and oxygen atoms in total. The zero-order chi connectivity index (χ0) is 12.5. The van der Waals surface area contributed by atoms with Gasteiger partial charge in [-0.05, 0) is 37.1 Å². The second-order valence-corrected chi connectivity index (χ2v) is 3.73. The molecular weight excluding hydrogens is 216 g/mol. The molecule has 0 amide bonds. The Labute approximate surface area is 102 Å². The van der Waals surface area contributed by atoms with Gasteiger partial charge < -0.3 is 9.84 Å². The topological polar surface area (TPSA) is 46.5 Å². The van der Waals surface area contributed by atoms with Crippen LogP contribution in [0.5, 0.6) is 5.75 Å². The monoisotopic (exact) mass is 234 g/mol. The largest absolute Gasteiger partial charge is 0.508 e. The Morgan fingerprint density at radius 3 is 2.53 bits per heavy atom. The van der Waals surface area contributed by atoms with Gasteiger partial charge in [0, 0.05) is 0 Å². The van der Waals surface area contributed by atoms with Crippen molar-refractivity contribution in [2.75, 3.05) is 6.61 Å². The van der Waals surface area contributed by atoms with Crippen LogP contribution in [0.15, 0.2) is 36.4 Å². The van der Waals surface area contributed by atoms with Crippen LogP contribution in [0.1, 0.15) is 36.5 Å². The Balaban J connectivity index is 2.28. The molecule has 0 fully saturated rings. The van der Waals surface area contributed by atoms with Crippen LogP contribution in [-0.4, -0.2) is 17.7 Å². The van der Waals surface area contributed by atoms with Crippen molar-refractivity contribution in [1.29, 1.82) is 0 Å². The second kappa shape index (κ2) is 7.49. The lowest BCUT2D eigenvalue weighted by molar-refractivity contribution is 0.0511. The maximum Gasteiger partial charge on any atom is 0.338 e. The molecule has 1 N–H and O–H groups in total. The molecule has 0 spiro atoms. The van der Waals surface area contributed by atoms with Gasteiger partial charge >= 0.3 is 5.97 Å². The second-order valence-electron chi connectivity index (χ2n) is 3.73. The third-order valence-corrected chi connectivity index (χ3v) is 2.24. The lowest BCUT2D eigenvalue weighted by Crippen LogP contribution is -2.05. The van der Waals surface area contributed by atoms with Crippen LogP contribution in [0.2, 0.25) is 0 Å². The molecule has 0 atom stereocenters. The number of hydrogen-bond donors (Lipinski definition) is 1. The van der Waals surface area contributed by atoms with Crippen molar-refractivity contribution in [2.45, 2.75) is 26.2 Å². The highest BCUT2D eigenvalue weighted by Crippen LogP contribution is 2.10. The minimum Gasteiger partial charge on any atom is -0.508 e. The van der Waals surface area contributed by atoms with E-state index in [1.54, 1.807) is 12.1 Å². The Morgan fingerprint density at radius 2 is 1.88 bits per heavy atom. The van der Waals surface area contributed by atoms with E-state index in [0.717, 1.165) is 19.3 Å². The molecule has 0 aliphatic rings. The molecule has 0 radical (unpaired) electrons. The SMILES string of the molecule is CCC/C=C/CCOC(=O)c1ccc(O)cc1. The number of phenolic OH excluding ortho intramolecular Hbond substituents is 1. The van der Waals surface area contributed by atoms with Gasteiger partial charge in [0.15, 0.2) is 0 Å². The van der Waals surface area contributed by atoms with E-state index in [4.69, 9.17) is 9.84 Å². The van der Waals surface area contributed by atoms with Crippen LogP contribution in [0.3, 0.4) is 0 Å². The molecule has 0 saturated carbocycles. The Kier molecular flexibility index (Phi) is 5.86. The van der Waals surface area contributed by atoms with E-state index < -0.39 is 0 Å². The summed E-state index contributed by atoms with van der Waals surface area (Å²) in [5.41, 5.74) is 0.459. The van der Waals surface area contributed by atoms with E-state index >= 15 is 0 Å². The Bertz CT molecular complexity index is 366. The molecular formula is C14H18O3. The van der Waals surface area contributed by atoms with Gasteiger partial charge in [0.2, 0.25) is 0 Å². The molecule has 0 unspecified atom stereocenters. The fourth-order valence-corrected chi connectivity index (χ4v) is 1.30. The van der Waals surface area contributed by atoms with Gasteiger partial charge in [0.1, 0.15) is 5.75 Å². The molecule has 0 aliphatic carbocycles. The molecule has 17 heavy (non-hydrogen) atoms. The number of benzene rings is 1. The third-order valence-electron chi connectivity index (χ3n) is 2.24. The quantitative estimate of drug-likeness (QED) is 0.466. The lowest BCUT2D eigenvalue weighted by atomic mass is 10.2. The number of ether oxygens (including phenoxy) is 1. The minimum absolute atomic E-state index is 0.143. The zero-order valence-corrected chi connectivity index (χ0v) is 10.1. The Morgan fingerprint density at radius 1 is 1.24 bits per heavy atom. The first-order chi connectivity index (χ1) is 8.24. The van der Waals surface area contributed by atoms with Gasteiger partial charge in [0.25, 0.3) is 0 Å². The van der Waals surface area contributed by atoms with Crippen molar-refractivity contribution in [1.82, 2.24) is 0 Å². The molecule has 1 rings (SSSR count). The Hall–Kier alpha value is -1.77. The first-order valence-corrected chi connectivity index (χ1v) is 5.85. The van der Waals surface area contributed by atoms with E-state index in [0.29, 0.717) is 12.2 Å². The summed E-state index contributed by atoms with van der Waals surface area (Å²) < 4.78 is 5.08. The summed E-state index contributed by atoms with van der Waals surface area (Å²) in [4.78, 5) is 11.5. The predicted octanol–water partition coefficient (Wildman–Crippen LogP) is 3.30. The van der Waals surface area contributed by atoms with E-state index in [1.807, 2.05) is 6.08 Å². The minimum atomic E-state index is -0.353. The number of esters is 1. The van der Waals surface area contributed by atoms with E-state index in [2.05, 4.69) is 13.0 Å². The van der Waals surface area contributed by atoms with Gasteiger partial charge in [-0.1, -0.05) is 25.5 Å². The molecule has 3 heteroatoms. The van der Waals surface area contributed by atoms with Gasteiger partial charge in [-0.15, -0.1) is 0 Å². The van der Waals surface area contributed by atoms with Crippen LogP contribution in [0.25, 0.3) is 0 Å². The van der Waals surface area contributed by atoms with Crippen molar-refractivity contribution < 1.29 is 14.6 Å². The molecule has 0 bridgehead atoms. The highest BCUT2D eigenvalue weighted by molar-refractivity contribution is 5.89. The number of carbonyl (C=O) groups excluding carboxylic acids is 1. The van der Waals surface area contributed by atoms with E-state index in [1.165, 1.54) is 12.1 Å². The molecule has 1 aromatic rings. The summed E-state index contributed by atoms with van der Waals surface area (Å²) in [6, 6.07) is 6.03. The van der Waals surface area contributed by atoms with Gasteiger partial charge in [-0.3, -0.25) is 0 Å². The van der Waals surface area contributed by atoms with Crippen molar-refractivity contribution in [3.05, 3.63) is 42.0 Å². The van der Waals surface area contributed by atoms with Crippen LogP contribution in [0, 0.1) is 0 Å². The fourth-order valence-electron chi connectivity index (χ4n) is 1.30. The lowest BCUT2D eigenvalue weighted by Gasteiger charge is -2.02. The average Bonchev–Trinajstić information content (AvgIpc) is 2.34. The normalized spacial score (nSPS) is 10.6. The first kappa shape index (κ1) is 13.3. The fraction of sp³-hybridized carbons (Fsp3) is 0.357. The molecule has 0 aliphatic heterocycles. The number of unbranched alkanes of at least 4 members (excludes halogenated alkanes) is 1. The summed E-state index contributed by atoms with van der Waals surface area (Å²) in [7, 11) is 0. The van der Waals surface area contributed by atoms with Gasteiger partial charge in [-0.2, -0.15) is 0 Å². The number of allylic oxidation sites excluding steroid dienone is 1. The zero-order valence-electron chi connectivity index (χ0n) is 10.1. The smallest absolute Gasteiger partial charge is 0.338 e.